The third kappa shape index (κ3) is 4.18. The van der Waals surface area contributed by atoms with E-state index in [2.05, 4.69) is 4.72 Å². The number of nitrogens with two attached hydrogens (primary N) is 1. The molecule has 1 unspecified atom stereocenters. The number of hydrogen-bond donors (Lipinski definition) is 2. The molecule has 1 aromatic carbocycles. The van der Waals surface area contributed by atoms with Crippen LogP contribution >= 0.6 is 11.6 Å². The quantitative estimate of drug-likeness (QED) is 0.861. The highest BCUT2D eigenvalue weighted by atomic mass is 35.5. The number of nitrogens with zero attached hydrogens (tertiary/aromatic N) is 1. The first-order valence-corrected chi connectivity index (χ1v) is 7.59. The Morgan fingerprint density at radius 1 is 1.47 bits per heavy atom. The van der Waals surface area contributed by atoms with Crippen molar-refractivity contribution in [1.29, 1.82) is 5.26 Å². The van der Waals surface area contributed by atoms with Crippen molar-refractivity contribution in [2.24, 2.45) is 11.7 Å². The van der Waals surface area contributed by atoms with Crippen molar-refractivity contribution in [2.75, 3.05) is 6.54 Å². The van der Waals surface area contributed by atoms with Gasteiger partial charge in [0.1, 0.15) is 6.07 Å². The Labute approximate surface area is 118 Å². The zero-order valence-electron chi connectivity index (χ0n) is 10.7. The van der Waals surface area contributed by atoms with Gasteiger partial charge in [-0.05, 0) is 24.1 Å². The summed E-state index contributed by atoms with van der Waals surface area (Å²) >= 11 is 5.81. The highest BCUT2D eigenvalue weighted by Crippen LogP contribution is 2.20. The lowest BCUT2D eigenvalue weighted by atomic mass is 10.1. The molecule has 0 radical (unpaired) electrons. The minimum Gasteiger partial charge on any atom is -0.326 e. The van der Waals surface area contributed by atoms with E-state index in [0.717, 1.165) is 0 Å². The summed E-state index contributed by atoms with van der Waals surface area (Å²) in [4.78, 5) is 0.0208. The molecule has 3 N–H and O–H groups in total. The van der Waals surface area contributed by atoms with Gasteiger partial charge < -0.3 is 5.73 Å². The molecule has 0 saturated heterocycles. The standard InChI is InChI=1S/C12H16ClN3O2S/c1-8(2)12(15)7-16-19(17,18)10-4-3-9(6-14)11(13)5-10/h3-5,8,12,16H,7,15H2,1-2H3. The fourth-order valence-electron chi connectivity index (χ4n) is 1.28. The Balaban J connectivity index is 2.90. The van der Waals surface area contributed by atoms with Crippen LogP contribution in [0.4, 0.5) is 0 Å². The smallest absolute Gasteiger partial charge is 0.240 e. The third-order valence-electron chi connectivity index (χ3n) is 2.74. The first-order valence-electron chi connectivity index (χ1n) is 5.73. The highest BCUT2D eigenvalue weighted by molar-refractivity contribution is 7.89. The molecule has 0 bridgehead atoms. The van der Waals surface area contributed by atoms with E-state index in [9.17, 15) is 8.42 Å². The summed E-state index contributed by atoms with van der Waals surface area (Å²) in [7, 11) is -3.66. The van der Waals surface area contributed by atoms with Gasteiger partial charge in [-0.15, -0.1) is 0 Å². The maximum absolute atomic E-state index is 12.0. The second-order valence-electron chi connectivity index (χ2n) is 4.51. The number of halogens is 1. The summed E-state index contributed by atoms with van der Waals surface area (Å²) in [6.07, 6.45) is 0. The Hall–Kier alpha value is -1.13. The van der Waals surface area contributed by atoms with Crippen LogP contribution in [0.3, 0.4) is 0 Å². The number of hydrogen-bond acceptors (Lipinski definition) is 4. The van der Waals surface area contributed by atoms with E-state index in [0.29, 0.717) is 0 Å². The molecular weight excluding hydrogens is 286 g/mol. The van der Waals surface area contributed by atoms with Gasteiger partial charge in [-0.1, -0.05) is 25.4 Å². The van der Waals surface area contributed by atoms with Gasteiger partial charge in [0.25, 0.3) is 0 Å². The SMILES string of the molecule is CC(C)C(N)CNS(=O)(=O)c1ccc(C#N)c(Cl)c1. The van der Waals surface area contributed by atoms with Gasteiger partial charge in [-0.25, -0.2) is 13.1 Å². The van der Waals surface area contributed by atoms with Crippen molar-refractivity contribution in [2.45, 2.75) is 24.8 Å². The molecule has 0 heterocycles. The van der Waals surface area contributed by atoms with Crippen molar-refractivity contribution in [3.8, 4) is 6.07 Å². The molecule has 0 fully saturated rings. The largest absolute Gasteiger partial charge is 0.326 e. The molecule has 0 aliphatic rings. The van der Waals surface area contributed by atoms with E-state index in [-0.39, 0.29) is 34.0 Å². The van der Waals surface area contributed by atoms with Gasteiger partial charge in [0.15, 0.2) is 0 Å². The summed E-state index contributed by atoms with van der Waals surface area (Å²) < 4.78 is 26.4. The third-order valence-corrected chi connectivity index (χ3v) is 4.47. The van der Waals surface area contributed by atoms with Crippen LogP contribution in [0.1, 0.15) is 19.4 Å². The van der Waals surface area contributed by atoms with Crippen LogP contribution in [0, 0.1) is 17.2 Å². The van der Waals surface area contributed by atoms with E-state index >= 15 is 0 Å². The van der Waals surface area contributed by atoms with E-state index in [1.807, 2.05) is 19.9 Å². The van der Waals surface area contributed by atoms with E-state index < -0.39 is 10.0 Å². The summed E-state index contributed by atoms with van der Waals surface area (Å²) in [5, 5.41) is 8.84. The summed E-state index contributed by atoms with van der Waals surface area (Å²) in [6, 6.07) is 5.58. The summed E-state index contributed by atoms with van der Waals surface area (Å²) in [5.74, 6) is 0.173. The van der Waals surface area contributed by atoms with E-state index in [1.54, 1.807) is 0 Å². The van der Waals surface area contributed by atoms with Crippen molar-refractivity contribution >= 4 is 21.6 Å². The van der Waals surface area contributed by atoms with Gasteiger partial charge in [-0.2, -0.15) is 5.26 Å². The summed E-state index contributed by atoms with van der Waals surface area (Å²) in [6.45, 7) is 3.98. The predicted octanol–water partition coefficient (Wildman–Crippen LogP) is 1.47. The lowest BCUT2D eigenvalue weighted by Gasteiger charge is -2.16. The number of sulfonamides is 1. The van der Waals surface area contributed by atoms with Gasteiger partial charge >= 0.3 is 0 Å². The maximum Gasteiger partial charge on any atom is 0.240 e. The molecule has 1 atom stereocenters. The van der Waals surface area contributed by atoms with Gasteiger partial charge in [0.2, 0.25) is 10.0 Å². The number of nitriles is 1. The molecule has 1 rings (SSSR count). The number of rotatable bonds is 5. The number of nitrogens with one attached hydrogen (secondary N) is 1. The molecule has 0 aliphatic heterocycles. The molecule has 104 valence electrons. The summed E-state index contributed by atoms with van der Waals surface area (Å²) in [5.41, 5.74) is 6.02. The monoisotopic (exact) mass is 301 g/mol. The molecule has 7 heteroatoms. The Kier molecular flexibility index (Phi) is 5.32. The number of benzene rings is 1. The van der Waals surface area contributed by atoms with Crippen LogP contribution in [0.25, 0.3) is 0 Å². The predicted molar refractivity (Wildman–Crippen MR) is 74.2 cm³/mol. The van der Waals surface area contributed by atoms with Gasteiger partial charge in [0.05, 0.1) is 15.5 Å². The normalized spacial score (nSPS) is 13.3. The van der Waals surface area contributed by atoms with Crippen LogP contribution in [-0.2, 0) is 10.0 Å². The zero-order chi connectivity index (χ0) is 14.6. The molecule has 0 aromatic heterocycles. The molecule has 0 spiro atoms. The molecule has 0 saturated carbocycles. The fourth-order valence-corrected chi connectivity index (χ4v) is 2.66. The maximum atomic E-state index is 12.0. The second kappa shape index (κ2) is 6.35. The van der Waals surface area contributed by atoms with E-state index in [4.69, 9.17) is 22.6 Å². The first-order chi connectivity index (χ1) is 8.77. The van der Waals surface area contributed by atoms with Crippen molar-refractivity contribution in [3.05, 3.63) is 28.8 Å². The van der Waals surface area contributed by atoms with Crippen LogP contribution in [0.2, 0.25) is 5.02 Å². The van der Waals surface area contributed by atoms with Crippen molar-refractivity contribution < 1.29 is 8.42 Å². The average Bonchev–Trinajstić information content (AvgIpc) is 2.35. The molecule has 5 nitrogen and oxygen atoms in total. The lowest BCUT2D eigenvalue weighted by Crippen LogP contribution is -2.40. The Morgan fingerprint density at radius 3 is 2.58 bits per heavy atom. The lowest BCUT2D eigenvalue weighted by molar-refractivity contribution is 0.481. The fraction of sp³-hybridized carbons (Fsp3) is 0.417. The Bertz CT molecular complexity index is 593. The highest BCUT2D eigenvalue weighted by Gasteiger charge is 2.17. The van der Waals surface area contributed by atoms with Gasteiger partial charge in [-0.3, -0.25) is 0 Å². The first kappa shape index (κ1) is 15.9. The second-order valence-corrected chi connectivity index (χ2v) is 6.69. The average molecular weight is 302 g/mol. The molecule has 1 aromatic rings. The minimum atomic E-state index is -3.66. The topological polar surface area (TPSA) is 96.0 Å². The van der Waals surface area contributed by atoms with Crippen LogP contribution < -0.4 is 10.5 Å². The molecule has 0 aliphatic carbocycles. The van der Waals surface area contributed by atoms with Crippen LogP contribution in [0.15, 0.2) is 23.1 Å². The molecule has 0 amide bonds. The molecule has 19 heavy (non-hydrogen) atoms. The van der Waals surface area contributed by atoms with Crippen LogP contribution in [0.5, 0.6) is 0 Å². The van der Waals surface area contributed by atoms with E-state index in [1.165, 1.54) is 18.2 Å². The van der Waals surface area contributed by atoms with Crippen molar-refractivity contribution in [3.63, 3.8) is 0 Å². The van der Waals surface area contributed by atoms with Crippen LogP contribution in [-0.4, -0.2) is 21.0 Å². The minimum absolute atomic E-state index is 0.0208. The molecular formula is C12H16ClN3O2S. The Morgan fingerprint density at radius 2 is 2.11 bits per heavy atom. The van der Waals surface area contributed by atoms with Gasteiger partial charge in [0, 0.05) is 12.6 Å². The zero-order valence-corrected chi connectivity index (χ0v) is 12.3. The van der Waals surface area contributed by atoms with Crippen molar-refractivity contribution in [1.82, 2.24) is 4.72 Å².